The lowest BCUT2D eigenvalue weighted by atomic mass is 10.1. The number of carbonyl (C=O) groups excluding carboxylic acids is 1. The molecule has 31 heavy (non-hydrogen) atoms. The van der Waals surface area contributed by atoms with Gasteiger partial charge in [-0.05, 0) is 48.9 Å². The zero-order valence-corrected chi connectivity index (χ0v) is 17.5. The Hall–Kier alpha value is -3.71. The van der Waals surface area contributed by atoms with E-state index in [-0.39, 0.29) is 23.6 Å². The van der Waals surface area contributed by atoms with Crippen LogP contribution in [0.2, 0.25) is 0 Å². The van der Waals surface area contributed by atoms with Crippen molar-refractivity contribution in [1.29, 1.82) is 5.26 Å². The second-order valence-corrected chi connectivity index (χ2v) is 8.47. The third-order valence-corrected chi connectivity index (χ3v) is 5.70. The molecular formula is C21H20FN5O3S. The minimum Gasteiger partial charge on any atom is -0.311 e. The molecule has 1 heterocycles. The molecule has 3 rings (SSSR count). The maximum Gasteiger partial charge on any atom is 0.261 e. The van der Waals surface area contributed by atoms with Gasteiger partial charge in [-0.25, -0.2) is 17.5 Å². The van der Waals surface area contributed by atoms with Crippen LogP contribution in [0.1, 0.15) is 17.7 Å². The number of amides is 1. The van der Waals surface area contributed by atoms with Crippen molar-refractivity contribution in [3.05, 3.63) is 71.7 Å². The highest BCUT2D eigenvalue weighted by molar-refractivity contribution is 7.92. The van der Waals surface area contributed by atoms with E-state index in [0.29, 0.717) is 23.6 Å². The molecule has 0 bridgehead atoms. The first-order valence-electron chi connectivity index (χ1n) is 9.35. The lowest BCUT2D eigenvalue weighted by molar-refractivity contribution is -0.115. The molecule has 0 unspecified atom stereocenters. The molecule has 0 saturated carbocycles. The summed E-state index contributed by atoms with van der Waals surface area (Å²) in [6, 6.07) is 14.6. The van der Waals surface area contributed by atoms with Crippen LogP contribution in [-0.4, -0.2) is 24.1 Å². The van der Waals surface area contributed by atoms with Gasteiger partial charge in [0.05, 0.1) is 36.0 Å². The molecule has 0 radical (unpaired) electrons. The molecule has 2 aromatic carbocycles. The summed E-state index contributed by atoms with van der Waals surface area (Å²) in [5.74, 6) is -0.274. The number of rotatable bonds is 8. The molecule has 2 N–H and O–H groups in total. The molecule has 3 aromatic rings. The van der Waals surface area contributed by atoms with Crippen LogP contribution >= 0.6 is 0 Å². The van der Waals surface area contributed by atoms with E-state index in [1.54, 1.807) is 41.9 Å². The van der Waals surface area contributed by atoms with Crippen molar-refractivity contribution in [2.24, 2.45) is 0 Å². The molecular weight excluding hydrogens is 421 g/mol. The first kappa shape index (κ1) is 22.0. The summed E-state index contributed by atoms with van der Waals surface area (Å²) in [6.45, 7) is 2.17. The predicted molar refractivity (Wildman–Crippen MR) is 113 cm³/mol. The fourth-order valence-corrected chi connectivity index (χ4v) is 3.92. The number of benzene rings is 2. The summed E-state index contributed by atoms with van der Waals surface area (Å²) < 4.78 is 41.7. The van der Waals surface area contributed by atoms with Gasteiger partial charge >= 0.3 is 0 Å². The van der Waals surface area contributed by atoms with E-state index in [1.807, 2.05) is 6.07 Å². The Bertz CT molecular complexity index is 1210. The van der Waals surface area contributed by atoms with E-state index in [1.165, 1.54) is 12.1 Å². The topological polar surface area (TPSA) is 117 Å². The summed E-state index contributed by atoms with van der Waals surface area (Å²) in [5.41, 5.74) is 1.73. The average molecular weight is 441 g/mol. The minimum atomic E-state index is -3.85. The van der Waals surface area contributed by atoms with Crippen LogP contribution in [0.25, 0.3) is 0 Å². The van der Waals surface area contributed by atoms with Gasteiger partial charge in [-0.15, -0.1) is 0 Å². The fraction of sp³-hybridized carbons (Fsp3) is 0.190. The molecule has 0 spiro atoms. The summed E-state index contributed by atoms with van der Waals surface area (Å²) in [5, 5.41) is 15.8. The van der Waals surface area contributed by atoms with Gasteiger partial charge in [0.1, 0.15) is 11.6 Å². The number of hydrogen-bond acceptors (Lipinski definition) is 5. The Labute approximate surface area is 179 Å². The van der Waals surface area contributed by atoms with Crippen molar-refractivity contribution >= 4 is 27.4 Å². The number of hydrogen-bond donors (Lipinski definition) is 2. The molecule has 10 heteroatoms. The quantitative estimate of drug-likeness (QED) is 0.557. The Morgan fingerprint density at radius 1 is 1.16 bits per heavy atom. The van der Waals surface area contributed by atoms with E-state index in [0.717, 1.165) is 17.8 Å². The molecule has 160 valence electrons. The maximum atomic E-state index is 13.0. The second kappa shape index (κ2) is 9.40. The largest absolute Gasteiger partial charge is 0.311 e. The number of nitrogens with one attached hydrogen (secondary N) is 2. The SMILES string of the molecule is Cc1cc(NC(=O)Cc2ccc(NS(=O)(=O)c3ccc(F)cc3)cc2)n(CCC#N)n1. The molecule has 1 aromatic heterocycles. The first-order chi connectivity index (χ1) is 14.8. The third kappa shape index (κ3) is 5.90. The molecule has 0 aliphatic carbocycles. The lowest BCUT2D eigenvalue weighted by Crippen LogP contribution is -2.18. The van der Waals surface area contributed by atoms with Crippen LogP contribution in [0.4, 0.5) is 15.9 Å². The fourth-order valence-electron chi connectivity index (χ4n) is 2.86. The van der Waals surface area contributed by atoms with Crippen molar-refractivity contribution < 1.29 is 17.6 Å². The summed E-state index contributed by atoms with van der Waals surface area (Å²) in [4.78, 5) is 12.3. The van der Waals surface area contributed by atoms with Gasteiger partial charge in [0.15, 0.2) is 0 Å². The van der Waals surface area contributed by atoms with Crippen molar-refractivity contribution in [1.82, 2.24) is 9.78 Å². The average Bonchev–Trinajstić information content (AvgIpc) is 3.06. The minimum absolute atomic E-state index is 0.0549. The Morgan fingerprint density at radius 3 is 2.48 bits per heavy atom. The van der Waals surface area contributed by atoms with Gasteiger partial charge in [0, 0.05) is 11.8 Å². The second-order valence-electron chi connectivity index (χ2n) is 6.78. The molecule has 8 nitrogen and oxygen atoms in total. The van der Waals surface area contributed by atoms with E-state index in [2.05, 4.69) is 15.1 Å². The number of sulfonamides is 1. The summed E-state index contributed by atoms with van der Waals surface area (Å²) >= 11 is 0. The number of halogens is 1. The van der Waals surface area contributed by atoms with Crippen molar-refractivity contribution in [3.8, 4) is 6.07 Å². The predicted octanol–water partition coefficient (Wildman–Crippen LogP) is 3.23. The van der Waals surface area contributed by atoms with Crippen LogP contribution in [0.3, 0.4) is 0 Å². The highest BCUT2D eigenvalue weighted by Gasteiger charge is 2.15. The number of nitrogens with zero attached hydrogens (tertiary/aromatic N) is 3. The number of nitriles is 1. The van der Waals surface area contributed by atoms with Crippen LogP contribution in [0.15, 0.2) is 59.5 Å². The zero-order chi connectivity index (χ0) is 22.4. The van der Waals surface area contributed by atoms with E-state index in [9.17, 15) is 17.6 Å². The van der Waals surface area contributed by atoms with Crippen molar-refractivity contribution in [3.63, 3.8) is 0 Å². The summed E-state index contributed by atoms with van der Waals surface area (Å²) in [7, 11) is -3.85. The van der Waals surface area contributed by atoms with Gasteiger partial charge in [-0.3, -0.25) is 9.52 Å². The van der Waals surface area contributed by atoms with E-state index in [4.69, 9.17) is 5.26 Å². The highest BCUT2D eigenvalue weighted by atomic mass is 32.2. The lowest BCUT2D eigenvalue weighted by Gasteiger charge is -2.10. The number of aromatic nitrogens is 2. The van der Waals surface area contributed by atoms with Crippen molar-refractivity contribution in [2.45, 2.75) is 31.2 Å². The van der Waals surface area contributed by atoms with Crippen LogP contribution in [0.5, 0.6) is 0 Å². The molecule has 0 fully saturated rings. The summed E-state index contributed by atoms with van der Waals surface area (Å²) in [6.07, 6.45) is 0.354. The Morgan fingerprint density at radius 2 is 1.84 bits per heavy atom. The first-order valence-corrected chi connectivity index (χ1v) is 10.8. The smallest absolute Gasteiger partial charge is 0.261 e. The van der Waals surface area contributed by atoms with Gasteiger partial charge in [0.2, 0.25) is 5.91 Å². The zero-order valence-electron chi connectivity index (χ0n) is 16.7. The molecule has 0 aliphatic rings. The molecule has 1 amide bonds. The third-order valence-electron chi connectivity index (χ3n) is 4.30. The van der Waals surface area contributed by atoms with Crippen LogP contribution < -0.4 is 10.0 Å². The van der Waals surface area contributed by atoms with Crippen LogP contribution in [0, 0.1) is 24.1 Å². The van der Waals surface area contributed by atoms with Crippen LogP contribution in [-0.2, 0) is 27.8 Å². The van der Waals surface area contributed by atoms with Gasteiger partial charge in [-0.1, -0.05) is 12.1 Å². The van der Waals surface area contributed by atoms with Gasteiger partial charge in [0.25, 0.3) is 10.0 Å². The highest BCUT2D eigenvalue weighted by Crippen LogP contribution is 2.18. The number of anilines is 2. The molecule has 0 atom stereocenters. The normalized spacial score (nSPS) is 11.0. The number of carbonyl (C=O) groups is 1. The van der Waals surface area contributed by atoms with E-state index >= 15 is 0 Å². The maximum absolute atomic E-state index is 13.0. The molecule has 0 aliphatic heterocycles. The van der Waals surface area contributed by atoms with Gasteiger partial charge < -0.3 is 5.32 Å². The monoisotopic (exact) mass is 441 g/mol. The molecule has 0 saturated heterocycles. The Kier molecular flexibility index (Phi) is 6.67. The Balaban J connectivity index is 1.62. The van der Waals surface area contributed by atoms with E-state index < -0.39 is 15.8 Å². The number of aryl methyl sites for hydroxylation is 2. The standard InChI is InChI=1S/C21H20FN5O3S/c1-15-13-20(27(25-15)12-2-11-23)24-21(28)14-16-3-7-18(8-4-16)26-31(29,30)19-9-5-17(22)6-10-19/h3-10,13,26H,2,12,14H2,1H3,(H,24,28). The van der Waals surface area contributed by atoms with Crippen molar-refractivity contribution in [2.75, 3.05) is 10.0 Å². The van der Waals surface area contributed by atoms with Gasteiger partial charge in [-0.2, -0.15) is 10.4 Å².